The molecule has 0 heterocycles. The van der Waals surface area contributed by atoms with Gasteiger partial charge in [-0.25, -0.2) is 0 Å². The number of hydrogen-bond acceptors (Lipinski definition) is 9. The predicted molar refractivity (Wildman–Crippen MR) is 153 cm³/mol. The van der Waals surface area contributed by atoms with Gasteiger partial charge in [0.1, 0.15) is 18.2 Å². The van der Waals surface area contributed by atoms with Gasteiger partial charge in [0.25, 0.3) is 0 Å². The lowest BCUT2D eigenvalue weighted by Crippen LogP contribution is -2.39. The standard InChI is InChI=1S/C31H49NO8/c1-10-11-12-13-28(33)37-22(8)23(9)38-31(36)25(32)16-24-14-15-26(39-29(34)20(6)18(2)3)27(17-24)40-30(35)21(7)19(4)5/h14-15,17-23,25H,10-13,16,32H2,1-9H3/t20?,21?,22-,23-,25-/m0/s1. The van der Waals surface area contributed by atoms with Crippen molar-refractivity contribution in [3.63, 3.8) is 0 Å². The van der Waals surface area contributed by atoms with Crippen molar-refractivity contribution in [3.8, 4) is 11.5 Å². The first-order valence-corrected chi connectivity index (χ1v) is 14.4. The second kappa shape index (κ2) is 17.0. The van der Waals surface area contributed by atoms with Gasteiger partial charge < -0.3 is 24.7 Å². The van der Waals surface area contributed by atoms with Crippen LogP contribution in [0.5, 0.6) is 11.5 Å². The Balaban J connectivity index is 2.97. The van der Waals surface area contributed by atoms with Gasteiger partial charge in [-0.3, -0.25) is 19.2 Å². The fourth-order valence-electron chi connectivity index (χ4n) is 3.38. The molecule has 1 aromatic carbocycles. The van der Waals surface area contributed by atoms with E-state index in [1.807, 2.05) is 27.7 Å². The fourth-order valence-corrected chi connectivity index (χ4v) is 3.38. The highest BCUT2D eigenvalue weighted by Gasteiger charge is 2.27. The number of rotatable bonds is 16. The van der Waals surface area contributed by atoms with E-state index < -0.39 is 36.2 Å². The van der Waals surface area contributed by atoms with Crippen LogP contribution in [0, 0.1) is 23.7 Å². The number of unbranched alkanes of at least 4 members (excludes halogenated alkanes) is 2. The van der Waals surface area contributed by atoms with Crippen molar-refractivity contribution in [3.05, 3.63) is 23.8 Å². The predicted octanol–water partition coefficient (Wildman–Crippen LogP) is 5.40. The van der Waals surface area contributed by atoms with Crippen LogP contribution in [0.3, 0.4) is 0 Å². The molecule has 9 nitrogen and oxygen atoms in total. The Hall–Kier alpha value is -2.94. The minimum atomic E-state index is -1.03. The minimum Gasteiger partial charge on any atom is -0.459 e. The molecule has 1 rings (SSSR count). The van der Waals surface area contributed by atoms with Gasteiger partial charge in [0.2, 0.25) is 0 Å². The zero-order valence-corrected chi connectivity index (χ0v) is 25.7. The third kappa shape index (κ3) is 11.7. The molecule has 40 heavy (non-hydrogen) atoms. The van der Waals surface area contributed by atoms with E-state index >= 15 is 0 Å². The molecular weight excluding hydrogens is 514 g/mol. The first-order chi connectivity index (χ1) is 18.7. The lowest BCUT2D eigenvalue weighted by atomic mass is 9.98. The maximum atomic E-state index is 12.7. The van der Waals surface area contributed by atoms with Crippen molar-refractivity contribution < 1.29 is 38.1 Å². The summed E-state index contributed by atoms with van der Waals surface area (Å²) in [5.41, 5.74) is 6.72. The molecule has 0 saturated heterocycles. The maximum absolute atomic E-state index is 12.7. The third-order valence-corrected chi connectivity index (χ3v) is 7.20. The van der Waals surface area contributed by atoms with Gasteiger partial charge in [-0.05, 0) is 56.2 Å². The van der Waals surface area contributed by atoms with Crippen molar-refractivity contribution in [1.29, 1.82) is 0 Å². The number of hydrogen-bond donors (Lipinski definition) is 1. The van der Waals surface area contributed by atoms with Crippen LogP contribution in [0.2, 0.25) is 0 Å². The number of carbonyl (C=O) groups is 4. The average Bonchev–Trinajstić information content (AvgIpc) is 2.88. The van der Waals surface area contributed by atoms with Gasteiger partial charge in [0, 0.05) is 6.42 Å². The molecule has 0 fully saturated rings. The molecule has 0 aromatic heterocycles. The van der Waals surface area contributed by atoms with E-state index in [0.717, 1.165) is 19.3 Å². The van der Waals surface area contributed by atoms with Crippen LogP contribution < -0.4 is 15.2 Å². The van der Waals surface area contributed by atoms with E-state index in [1.165, 1.54) is 6.07 Å². The molecule has 0 amide bonds. The Morgan fingerprint density at radius 3 is 1.77 bits per heavy atom. The molecule has 2 unspecified atom stereocenters. The van der Waals surface area contributed by atoms with Crippen LogP contribution in [0.4, 0.5) is 0 Å². The quantitative estimate of drug-likeness (QED) is 0.160. The number of esters is 4. The Morgan fingerprint density at radius 2 is 1.25 bits per heavy atom. The molecule has 0 aliphatic rings. The van der Waals surface area contributed by atoms with Gasteiger partial charge in [0.05, 0.1) is 11.8 Å². The highest BCUT2D eigenvalue weighted by Crippen LogP contribution is 2.31. The van der Waals surface area contributed by atoms with Crippen molar-refractivity contribution in [2.75, 3.05) is 0 Å². The van der Waals surface area contributed by atoms with Crippen molar-refractivity contribution in [1.82, 2.24) is 0 Å². The van der Waals surface area contributed by atoms with Crippen molar-refractivity contribution in [2.24, 2.45) is 29.4 Å². The summed E-state index contributed by atoms with van der Waals surface area (Å²) in [5.74, 6) is -2.32. The van der Waals surface area contributed by atoms with Crippen LogP contribution >= 0.6 is 0 Å². The molecule has 0 bridgehead atoms. The van der Waals surface area contributed by atoms with Crippen LogP contribution in [0.1, 0.15) is 93.6 Å². The number of carbonyl (C=O) groups excluding carboxylic acids is 4. The third-order valence-electron chi connectivity index (χ3n) is 7.20. The van der Waals surface area contributed by atoms with Crippen LogP contribution in [0.15, 0.2) is 18.2 Å². The monoisotopic (exact) mass is 563 g/mol. The highest BCUT2D eigenvalue weighted by atomic mass is 16.6. The second-order valence-electron chi connectivity index (χ2n) is 11.3. The Labute approximate surface area is 239 Å². The summed E-state index contributed by atoms with van der Waals surface area (Å²) in [4.78, 5) is 50.0. The molecular formula is C31H49NO8. The average molecular weight is 564 g/mol. The van der Waals surface area contributed by atoms with E-state index in [0.29, 0.717) is 12.0 Å². The first-order valence-electron chi connectivity index (χ1n) is 14.4. The van der Waals surface area contributed by atoms with Gasteiger partial charge >= 0.3 is 23.9 Å². The molecule has 0 spiro atoms. The van der Waals surface area contributed by atoms with Gasteiger partial charge in [0.15, 0.2) is 11.5 Å². The topological polar surface area (TPSA) is 131 Å². The zero-order valence-electron chi connectivity index (χ0n) is 25.7. The SMILES string of the molecule is CCCCCC(=O)O[C@@H](C)[C@H](C)OC(=O)[C@@H](N)Cc1ccc(OC(=O)C(C)C(C)C)c(OC(=O)C(C)C(C)C)c1. The molecule has 2 N–H and O–H groups in total. The molecule has 0 aliphatic heterocycles. The molecule has 5 atom stereocenters. The summed E-state index contributed by atoms with van der Waals surface area (Å²) in [6.45, 7) is 16.6. The van der Waals surface area contributed by atoms with Crippen LogP contribution in [-0.4, -0.2) is 42.1 Å². The Morgan fingerprint density at radius 1 is 0.725 bits per heavy atom. The molecule has 0 radical (unpaired) electrons. The minimum absolute atomic E-state index is 0.0471. The lowest BCUT2D eigenvalue weighted by Gasteiger charge is -2.23. The van der Waals surface area contributed by atoms with E-state index in [9.17, 15) is 19.2 Å². The number of ether oxygens (including phenoxy) is 4. The highest BCUT2D eigenvalue weighted by molar-refractivity contribution is 5.79. The first kappa shape index (κ1) is 35.1. The normalized spacial score (nSPS) is 15.1. The van der Waals surface area contributed by atoms with E-state index in [1.54, 1.807) is 39.8 Å². The fraction of sp³-hybridized carbons (Fsp3) is 0.677. The molecule has 226 valence electrons. The van der Waals surface area contributed by atoms with Crippen LogP contribution in [0.25, 0.3) is 0 Å². The largest absolute Gasteiger partial charge is 0.459 e. The second-order valence-corrected chi connectivity index (χ2v) is 11.3. The van der Waals surface area contributed by atoms with Crippen LogP contribution in [-0.2, 0) is 35.1 Å². The smallest absolute Gasteiger partial charge is 0.323 e. The maximum Gasteiger partial charge on any atom is 0.323 e. The summed E-state index contributed by atoms with van der Waals surface area (Å²) in [6.07, 6.45) is 1.79. The Bertz CT molecular complexity index is 990. The zero-order chi connectivity index (χ0) is 30.6. The van der Waals surface area contributed by atoms with Gasteiger partial charge in [-0.1, -0.05) is 67.4 Å². The Kier molecular flexibility index (Phi) is 14.9. The van der Waals surface area contributed by atoms with E-state index in [-0.39, 0.29) is 47.6 Å². The van der Waals surface area contributed by atoms with Crippen molar-refractivity contribution in [2.45, 2.75) is 113 Å². The summed E-state index contributed by atoms with van der Waals surface area (Å²) >= 11 is 0. The molecule has 1 aromatic rings. The molecule has 0 aliphatic carbocycles. The van der Waals surface area contributed by atoms with Gasteiger partial charge in [-0.2, -0.15) is 0 Å². The number of benzene rings is 1. The summed E-state index contributed by atoms with van der Waals surface area (Å²) in [7, 11) is 0. The summed E-state index contributed by atoms with van der Waals surface area (Å²) in [5, 5.41) is 0. The number of nitrogens with two attached hydrogens (primary N) is 1. The lowest BCUT2D eigenvalue weighted by molar-refractivity contribution is -0.166. The molecule has 0 saturated carbocycles. The van der Waals surface area contributed by atoms with E-state index in [2.05, 4.69) is 6.92 Å². The summed E-state index contributed by atoms with van der Waals surface area (Å²) in [6, 6.07) is 3.71. The van der Waals surface area contributed by atoms with Crippen molar-refractivity contribution >= 4 is 23.9 Å². The summed E-state index contributed by atoms with van der Waals surface area (Å²) < 4.78 is 22.0. The van der Waals surface area contributed by atoms with Gasteiger partial charge in [-0.15, -0.1) is 0 Å². The molecule has 9 heteroatoms. The van der Waals surface area contributed by atoms with E-state index in [4.69, 9.17) is 24.7 Å².